The molecule has 0 radical (unpaired) electrons. The minimum absolute atomic E-state index is 0.138. The van der Waals surface area contributed by atoms with Crippen molar-refractivity contribution in [1.29, 1.82) is 0 Å². The number of β-amino-alcohol motifs (C(OH)–C–C–N with tert-alkyl or cyclic N) is 1. The zero-order valence-corrected chi connectivity index (χ0v) is 15.4. The van der Waals surface area contributed by atoms with E-state index in [0.29, 0.717) is 32.5 Å². The second-order valence-corrected chi connectivity index (χ2v) is 7.43. The SMILES string of the molecule is Cc1cc(C)n(CCCC(=O)N2CCC(O)(CN3CCOCC3)C2)n1. The lowest BCUT2D eigenvalue weighted by Crippen LogP contribution is -2.49. The van der Waals surface area contributed by atoms with Gasteiger partial charge in [-0.25, -0.2) is 0 Å². The van der Waals surface area contributed by atoms with Crippen molar-refractivity contribution in [3.8, 4) is 0 Å². The van der Waals surface area contributed by atoms with E-state index < -0.39 is 5.60 Å². The number of aromatic nitrogens is 2. The summed E-state index contributed by atoms with van der Waals surface area (Å²) >= 11 is 0. The Balaban J connectivity index is 1.43. The van der Waals surface area contributed by atoms with E-state index in [4.69, 9.17) is 4.74 Å². The number of rotatable bonds is 6. The molecular weight excluding hydrogens is 320 g/mol. The van der Waals surface area contributed by atoms with Crippen LogP contribution in [-0.2, 0) is 16.1 Å². The molecule has 2 aliphatic heterocycles. The van der Waals surface area contributed by atoms with Crippen molar-refractivity contribution in [2.24, 2.45) is 0 Å². The van der Waals surface area contributed by atoms with Crippen LogP contribution < -0.4 is 0 Å². The largest absolute Gasteiger partial charge is 0.387 e. The van der Waals surface area contributed by atoms with Gasteiger partial charge in [0.1, 0.15) is 0 Å². The third kappa shape index (κ3) is 4.80. The van der Waals surface area contributed by atoms with Crippen LogP contribution in [0.15, 0.2) is 6.07 Å². The summed E-state index contributed by atoms with van der Waals surface area (Å²) < 4.78 is 7.31. The molecule has 7 heteroatoms. The molecule has 0 saturated carbocycles. The zero-order valence-electron chi connectivity index (χ0n) is 15.4. The minimum atomic E-state index is -0.775. The Labute approximate surface area is 149 Å². The Kier molecular flexibility index (Phi) is 5.76. The van der Waals surface area contributed by atoms with Crippen molar-refractivity contribution in [3.63, 3.8) is 0 Å². The summed E-state index contributed by atoms with van der Waals surface area (Å²) in [6.07, 6.45) is 1.94. The number of amides is 1. The van der Waals surface area contributed by atoms with Gasteiger partial charge in [-0.05, 0) is 32.8 Å². The molecule has 25 heavy (non-hydrogen) atoms. The number of nitrogens with zero attached hydrogens (tertiary/aromatic N) is 4. The molecule has 140 valence electrons. The fourth-order valence-corrected chi connectivity index (χ4v) is 3.81. The third-order valence-electron chi connectivity index (χ3n) is 5.17. The van der Waals surface area contributed by atoms with E-state index in [0.717, 1.165) is 50.7 Å². The predicted molar refractivity (Wildman–Crippen MR) is 94.3 cm³/mol. The highest BCUT2D eigenvalue weighted by atomic mass is 16.5. The Morgan fingerprint density at radius 2 is 2.08 bits per heavy atom. The summed E-state index contributed by atoms with van der Waals surface area (Å²) in [5, 5.41) is 15.2. The summed E-state index contributed by atoms with van der Waals surface area (Å²) in [4.78, 5) is 16.5. The number of ether oxygens (including phenoxy) is 1. The molecule has 1 unspecified atom stereocenters. The zero-order chi connectivity index (χ0) is 17.9. The van der Waals surface area contributed by atoms with Crippen LogP contribution in [0.2, 0.25) is 0 Å². The van der Waals surface area contributed by atoms with Gasteiger partial charge in [-0.2, -0.15) is 5.10 Å². The van der Waals surface area contributed by atoms with Crippen molar-refractivity contribution in [2.75, 3.05) is 45.9 Å². The molecule has 0 aromatic carbocycles. The van der Waals surface area contributed by atoms with Crippen LogP contribution in [0, 0.1) is 13.8 Å². The molecule has 1 atom stereocenters. The number of carbonyl (C=O) groups excluding carboxylic acids is 1. The molecule has 1 aromatic heterocycles. The van der Waals surface area contributed by atoms with Crippen LogP contribution in [-0.4, -0.2) is 82.1 Å². The number of hydrogen-bond donors (Lipinski definition) is 1. The van der Waals surface area contributed by atoms with Crippen molar-refractivity contribution < 1.29 is 14.6 Å². The highest BCUT2D eigenvalue weighted by Crippen LogP contribution is 2.24. The maximum Gasteiger partial charge on any atom is 0.222 e. The van der Waals surface area contributed by atoms with Gasteiger partial charge in [0.05, 0.1) is 31.1 Å². The number of carbonyl (C=O) groups is 1. The first-order chi connectivity index (χ1) is 12.0. The second kappa shape index (κ2) is 7.85. The fourth-order valence-electron chi connectivity index (χ4n) is 3.81. The first kappa shape index (κ1) is 18.4. The first-order valence-electron chi connectivity index (χ1n) is 9.26. The van der Waals surface area contributed by atoms with Crippen molar-refractivity contribution in [1.82, 2.24) is 19.6 Å². The first-order valence-corrected chi connectivity index (χ1v) is 9.26. The number of aryl methyl sites for hydroxylation is 3. The molecule has 0 bridgehead atoms. The summed E-state index contributed by atoms with van der Waals surface area (Å²) in [6, 6.07) is 2.05. The molecule has 1 N–H and O–H groups in total. The van der Waals surface area contributed by atoms with Gasteiger partial charge in [-0.15, -0.1) is 0 Å². The molecule has 7 nitrogen and oxygen atoms in total. The summed E-state index contributed by atoms with van der Waals surface area (Å²) in [5.74, 6) is 0.138. The highest BCUT2D eigenvalue weighted by molar-refractivity contribution is 5.76. The van der Waals surface area contributed by atoms with Crippen LogP contribution in [0.5, 0.6) is 0 Å². The van der Waals surface area contributed by atoms with E-state index in [-0.39, 0.29) is 5.91 Å². The molecule has 2 saturated heterocycles. The standard InChI is InChI=1S/C18H30N4O3/c1-15-12-16(2)22(19-15)6-3-4-17(23)21-7-5-18(24,14-21)13-20-8-10-25-11-9-20/h12,24H,3-11,13-14H2,1-2H3. The highest BCUT2D eigenvalue weighted by Gasteiger charge is 2.39. The van der Waals surface area contributed by atoms with Crippen molar-refractivity contribution >= 4 is 5.91 Å². The Morgan fingerprint density at radius 1 is 1.32 bits per heavy atom. The molecular formula is C18H30N4O3. The lowest BCUT2D eigenvalue weighted by atomic mass is 10.0. The van der Waals surface area contributed by atoms with Gasteiger partial charge in [0, 0.05) is 44.8 Å². The van der Waals surface area contributed by atoms with Gasteiger partial charge < -0.3 is 14.7 Å². The van der Waals surface area contributed by atoms with E-state index in [1.54, 1.807) is 0 Å². The predicted octanol–water partition coefficient (Wildman–Crippen LogP) is 0.576. The summed E-state index contributed by atoms with van der Waals surface area (Å²) in [5.41, 5.74) is 1.37. The van der Waals surface area contributed by atoms with Crippen molar-refractivity contribution in [3.05, 3.63) is 17.5 Å². The van der Waals surface area contributed by atoms with E-state index >= 15 is 0 Å². The van der Waals surface area contributed by atoms with Gasteiger partial charge in [0.15, 0.2) is 0 Å². The van der Waals surface area contributed by atoms with Crippen molar-refractivity contribution in [2.45, 2.75) is 45.3 Å². The van der Waals surface area contributed by atoms with Crippen LogP contribution in [0.1, 0.15) is 30.7 Å². The van der Waals surface area contributed by atoms with Crippen LogP contribution in [0.4, 0.5) is 0 Å². The molecule has 0 aliphatic carbocycles. The van der Waals surface area contributed by atoms with Gasteiger partial charge >= 0.3 is 0 Å². The number of hydrogen-bond acceptors (Lipinski definition) is 5. The number of likely N-dealkylation sites (tertiary alicyclic amines) is 1. The molecule has 2 fully saturated rings. The van der Waals surface area contributed by atoms with E-state index in [2.05, 4.69) is 10.00 Å². The minimum Gasteiger partial charge on any atom is -0.387 e. The van der Waals surface area contributed by atoms with E-state index in [1.807, 2.05) is 29.5 Å². The number of morpholine rings is 1. The van der Waals surface area contributed by atoms with Gasteiger partial charge in [-0.3, -0.25) is 14.4 Å². The van der Waals surface area contributed by atoms with E-state index in [9.17, 15) is 9.90 Å². The maximum atomic E-state index is 12.5. The molecule has 3 rings (SSSR count). The quantitative estimate of drug-likeness (QED) is 0.812. The average Bonchev–Trinajstić information content (AvgIpc) is 3.11. The lowest BCUT2D eigenvalue weighted by Gasteiger charge is -2.33. The lowest BCUT2D eigenvalue weighted by molar-refractivity contribution is -0.131. The normalized spacial score (nSPS) is 24.8. The number of aliphatic hydroxyl groups is 1. The topological polar surface area (TPSA) is 70.8 Å². The van der Waals surface area contributed by atoms with Crippen LogP contribution >= 0.6 is 0 Å². The third-order valence-corrected chi connectivity index (χ3v) is 5.17. The Hall–Kier alpha value is -1.44. The average molecular weight is 350 g/mol. The van der Waals surface area contributed by atoms with Gasteiger partial charge in [-0.1, -0.05) is 0 Å². The maximum absolute atomic E-state index is 12.5. The molecule has 1 amide bonds. The monoisotopic (exact) mass is 350 g/mol. The van der Waals surface area contributed by atoms with Crippen LogP contribution in [0.3, 0.4) is 0 Å². The van der Waals surface area contributed by atoms with Crippen LogP contribution in [0.25, 0.3) is 0 Å². The second-order valence-electron chi connectivity index (χ2n) is 7.43. The summed E-state index contributed by atoms with van der Waals surface area (Å²) in [7, 11) is 0. The fraction of sp³-hybridized carbons (Fsp3) is 0.778. The molecule has 2 aliphatic rings. The van der Waals surface area contributed by atoms with E-state index in [1.165, 1.54) is 0 Å². The summed E-state index contributed by atoms with van der Waals surface area (Å²) in [6.45, 7) is 9.68. The Bertz CT molecular complexity index is 597. The Morgan fingerprint density at radius 3 is 2.76 bits per heavy atom. The van der Waals surface area contributed by atoms with Gasteiger partial charge in [0.25, 0.3) is 0 Å². The molecule has 1 aromatic rings. The molecule has 0 spiro atoms. The molecule has 3 heterocycles. The smallest absolute Gasteiger partial charge is 0.222 e. The van der Waals surface area contributed by atoms with Gasteiger partial charge in [0.2, 0.25) is 5.91 Å².